The third kappa shape index (κ3) is 3.40. The molecule has 1 heterocycles. The molecular weight excluding hydrogens is 246 g/mol. The van der Waals surface area contributed by atoms with Gasteiger partial charge in [-0.25, -0.2) is 0 Å². The highest BCUT2D eigenvalue weighted by molar-refractivity contribution is 5.36. The summed E-state index contributed by atoms with van der Waals surface area (Å²) in [5, 5.41) is 0. The second-order valence-corrected chi connectivity index (χ2v) is 6.41. The first-order valence-corrected chi connectivity index (χ1v) is 7.68. The van der Waals surface area contributed by atoms with Gasteiger partial charge >= 0.3 is 0 Å². The first-order valence-electron chi connectivity index (χ1n) is 7.68. The van der Waals surface area contributed by atoms with Gasteiger partial charge in [0.25, 0.3) is 0 Å². The molecule has 1 saturated heterocycles. The van der Waals surface area contributed by atoms with Gasteiger partial charge in [-0.15, -0.1) is 0 Å². The second-order valence-electron chi connectivity index (χ2n) is 6.41. The molecule has 2 rings (SSSR count). The maximum absolute atomic E-state index is 6.09. The van der Waals surface area contributed by atoms with Crippen molar-refractivity contribution in [1.82, 2.24) is 9.80 Å². The van der Waals surface area contributed by atoms with Gasteiger partial charge in [-0.2, -0.15) is 0 Å². The number of nitrogens with zero attached hydrogens (tertiary/aromatic N) is 2. The van der Waals surface area contributed by atoms with E-state index in [1.54, 1.807) is 0 Å². The monoisotopic (exact) mass is 275 g/mol. The van der Waals surface area contributed by atoms with Crippen molar-refractivity contribution in [3.05, 3.63) is 34.9 Å². The molecule has 0 spiro atoms. The predicted molar refractivity (Wildman–Crippen MR) is 85.9 cm³/mol. The van der Waals surface area contributed by atoms with Gasteiger partial charge in [-0.1, -0.05) is 18.2 Å². The third-order valence-electron chi connectivity index (χ3n) is 4.67. The minimum atomic E-state index is 0.335. The quantitative estimate of drug-likeness (QED) is 0.894. The van der Waals surface area contributed by atoms with E-state index in [0.29, 0.717) is 12.6 Å². The normalized spacial score (nSPS) is 21.6. The van der Waals surface area contributed by atoms with Crippen LogP contribution in [-0.4, -0.2) is 50.1 Å². The summed E-state index contributed by atoms with van der Waals surface area (Å²) < 4.78 is 0. The summed E-state index contributed by atoms with van der Waals surface area (Å²) in [5.41, 5.74) is 10.2. The minimum absolute atomic E-state index is 0.335. The summed E-state index contributed by atoms with van der Waals surface area (Å²) in [5.74, 6) is 0.781. The first kappa shape index (κ1) is 15.5. The summed E-state index contributed by atoms with van der Waals surface area (Å²) >= 11 is 0. The van der Waals surface area contributed by atoms with Gasteiger partial charge in [-0.05, 0) is 63.5 Å². The predicted octanol–water partition coefficient (Wildman–Crippen LogP) is 2.19. The Morgan fingerprint density at radius 1 is 1.35 bits per heavy atom. The lowest BCUT2D eigenvalue weighted by molar-refractivity contribution is 0.210. The molecule has 0 radical (unpaired) electrons. The van der Waals surface area contributed by atoms with Crippen molar-refractivity contribution in [1.29, 1.82) is 0 Å². The minimum Gasteiger partial charge on any atom is -0.329 e. The highest BCUT2D eigenvalue weighted by Gasteiger charge is 2.25. The van der Waals surface area contributed by atoms with E-state index in [9.17, 15) is 0 Å². The molecule has 0 aliphatic carbocycles. The first-order chi connectivity index (χ1) is 9.52. The van der Waals surface area contributed by atoms with Gasteiger partial charge in [-0.3, -0.25) is 4.90 Å². The van der Waals surface area contributed by atoms with Gasteiger partial charge in [0, 0.05) is 25.7 Å². The van der Waals surface area contributed by atoms with Crippen LogP contribution >= 0.6 is 0 Å². The van der Waals surface area contributed by atoms with E-state index in [2.05, 4.69) is 55.9 Å². The van der Waals surface area contributed by atoms with Crippen LogP contribution in [0.1, 0.15) is 29.2 Å². The summed E-state index contributed by atoms with van der Waals surface area (Å²) in [4.78, 5) is 4.88. The zero-order chi connectivity index (χ0) is 14.7. The molecule has 1 aliphatic rings. The van der Waals surface area contributed by atoms with Crippen molar-refractivity contribution in [2.45, 2.75) is 26.3 Å². The summed E-state index contributed by atoms with van der Waals surface area (Å²) in [6, 6.07) is 6.86. The number of aryl methyl sites for hydroxylation is 2. The molecule has 112 valence electrons. The molecule has 2 unspecified atom stereocenters. The Bertz CT molecular complexity index is 424. The Hall–Kier alpha value is -0.900. The average Bonchev–Trinajstić information content (AvgIpc) is 2.79. The highest BCUT2D eigenvalue weighted by Crippen LogP contribution is 2.27. The Morgan fingerprint density at radius 2 is 2.00 bits per heavy atom. The van der Waals surface area contributed by atoms with Gasteiger partial charge in [0.2, 0.25) is 0 Å². The number of nitrogens with two attached hydrogens (primary N) is 1. The molecule has 1 aromatic rings. The van der Waals surface area contributed by atoms with Crippen molar-refractivity contribution in [3.8, 4) is 0 Å². The zero-order valence-corrected chi connectivity index (χ0v) is 13.4. The lowest BCUT2D eigenvalue weighted by Gasteiger charge is -2.31. The van der Waals surface area contributed by atoms with E-state index >= 15 is 0 Å². The average molecular weight is 275 g/mol. The van der Waals surface area contributed by atoms with Gasteiger partial charge < -0.3 is 10.6 Å². The number of hydrogen-bond acceptors (Lipinski definition) is 3. The van der Waals surface area contributed by atoms with E-state index in [-0.39, 0.29) is 0 Å². The summed E-state index contributed by atoms with van der Waals surface area (Å²) in [7, 11) is 4.44. The van der Waals surface area contributed by atoms with Crippen LogP contribution in [0.25, 0.3) is 0 Å². The van der Waals surface area contributed by atoms with Crippen molar-refractivity contribution >= 4 is 0 Å². The fraction of sp³-hybridized carbons (Fsp3) is 0.647. The SMILES string of the molecule is Cc1cccc(C)c1C(CN)N(C)CC1CCN(C)C1. The number of likely N-dealkylation sites (tertiary alicyclic amines) is 1. The molecular formula is C17H29N3. The largest absolute Gasteiger partial charge is 0.329 e. The third-order valence-corrected chi connectivity index (χ3v) is 4.67. The smallest absolute Gasteiger partial charge is 0.0472 e. The fourth-order valence-corrected chi connectivity index (χ4v) is 3.58. The maximum Gasteiger partial charge on any atom is 0.0472 e. The van der Waals surface area contributed by atoms with E-state index in [1.165, 1.54) is 36.2 Å². The van der Waals surface area contributed by atoms with Gasteiger partial charge in [0.05, 0.1) is 0 Å². The fourth-order valence-electron chi connectivity index (χ4n) is 3.58. The van der Waals surface area contributed by atoms with E-state index in [0.717, 1.165) is 12.5 Å². The molecule has 0 saturated carbocycles. The van der Waals surface area contributed by atoms with Gasteiger partial charge in [0.1, 0.15) is 0 Å². The van der Waals surface area contributed by atoms with Crippen molar-refractivity contribution in [2.24, 2.45) is 11.7 Å². The van der Waals surface area contributed by atoms with Crippen molar-refractivity contribution in [2.75, 3.05) is 40.3 Å². The van der Waals surface area contributed by atoms with Crippen LogP contribution in [0.15, 0.2) is 18.2 Å². The molecule has 2 N–H and O–H groups in total. The van der Waals surface area contributed by atoms with Gasteiger partial charge in [0.15, 0.2) is 0 Å². The number of benzene rings is 1. The number of likely N-dealkylation sites (N-methyl/N-ethyl adjacent to an activating group) is 1. The van der Waals surface area contributed by atoms with E-state index in [4.69, 9.17) is 5.73 Å². The van der Waals surface area contributed by atoms with Crippen LogP contribution in [-0.2, 0) is 0 Å². The maximum atomic E-state index is 6.09. The van der Waals surface area contributed by atoms with Crippen LogP contribution in [0.3, 0.4) is 0 Å². The Morgan fingerprint density at radius 3 is 2.50 bits per heavy atom. The Labute approximate surface area is 123 Å². The molecule has 1 fully saturated rings. The summed E-state index contributed by atoms with van der Waals surface area (Å²) in [6.07, 6.45) is 1.31. The van der Waals surface area contributed by atoms with Crippen molar-refractivity contribution in [3.63, 3.8) is 0 Å². The number of hydrogen-bond donors (Lipinski definition) is 1. The molecule has 0 amide bonds. The Kier molecular flexibility index (Phi) is 5.19. The molecule has 0 bridgehead atoms. The lowest BCUT2D eigenvalue weighted by Crippen LogP contribution is -2.35. The summed E-state index contributed by atoms with van der Waals surface area (Å²) in [6.45, 7) is 8.67. The molecule has 1 aromatic carbocycles. The molecule has 20 heavy (non-hydrogen) atoms. The van der Waals surface area contributed by atoms with E-state index in [1.807, 2.05) is 0 Å². The van der Waals surface area contributed by atoms with Crippen LogP contribution in [0.5, 0.6) is 0 Å². The second kappa shape index (κ2) is 6.70. The lowest BCUT2D eigenvalue weighted by atomic mass is 9.94. The Balaban J connectivity index is 2.11. The molecule has 0 aromatic heterocycles. The molecule has 1 aliphatic heterocycles. The molecule has 3 nitrogen and oxygen atoms in total. The topological polar surface area (TPSA) is 32.5 Å². The zero-order valence-electron chi connectivity index (χ0n) is 13.4. The van der Waals surface area contributed by atoms with E-state index < -0.39 is 0 Å². The van der Waals surface area contributed by atoms with Crippen LogP contribution in [0.2, 0.25) is 0 Å². The van der Waals surface area contributed by atoms with Crippen LogP contribution in [0.4, 0.5) is 0 Å². The molecule has 2 atom stereocenters. The molecule has 3 heteroatoms. The van der Waals surface area contributed by atoms with Crippen molar-refractivity contribution < 1.29 is 0 Å². The number of rotatable bonds is 5. The highest BCUT2D eigenvalue weighted by atomic mass is 15.2. The van der Waals surface area contributed by atoms with Crippen LogP contribution in [0, 0.1) is 19.8 Å². The standard InChI is InChI=1S/C17H29N3/c1-13-6-5-7-14(2)17(13)16(10-18)20(4)12-15-8-9-19(3)11-15/h5-7,15-16H,8-12,18H2,1-4H3. The van der Waals surface area contributed by atoms with Crippen LogP contribution < -0.4 is 5.73 Å².